The van der Waals surface area contributed by atoms with Gasteiger partial charge in [-0.2, -0.15) is 4.98 Å². The average molecular weight is 316 g/mol. The first-order valence-electron chi connectivity index (χ1n) is 7.95. The van der Waals surface area contributed by atoms with Crippen molar-refractivity contribution in [3.63, 3.8) is 0 Å². The maximum atomic E-state index is 5.97. The number of rotatable bonds is 4. The summed E-state index contributed by atoms with van der Waals surface area (Å²) in [4.78, 5) is 4.64. The van der Waals surface area contributed by atoms with Crippen LogP contribution in [0, 0.1) is 6.92 Å². The summed E-state index contributed by atoms with van der Waals surface area (Å²) in [6.45, 7) is 2.76. The summed E-state index contributed by atoms with van der Waals surface area (Å²) < 4.78 is 7.97. The van der Waals surface area contributed by atoms with E-state index in [1.54, 1.807) is 0 Å². The van der Waals surface area contributed by atoms with E-state index in [4.69, 9.17) is 4.42 Å². The lowest BCUT2D eigenvalue weighted by Crippen LogP contribution is -2.53. The standard InChI is InChI=1S/C20H18N3O/c1-16-9-11-17(12-10-16)15-23(22-13-5-2-6-14-22)20-21-18-7-3-4-8-19(18)24-20/h2-14H,15H2,1H3/q+1. The zero-order chi connectivity index (χ0) is 16.4. The predicted molar refractivity (Wildman–Crippen MR) is 93.4 cm³/mol. The molecule has 2 heterocycles. The largest absolute Gasteiger partial charge is 0.420 e. The molecule has 0 radical (unpaired) electrons. The number of pyridine rings is 1. The Morgan fingerprint density at radius 2 is 1.67 bits per heavy atom. The Morgan fingerprint density at radius 1 is 0.917 bits per heavy atom. The van der Waals surface area contributed by atoms with Gasteiger partial charge >= 0.3 is 6.01 Å². The quantitative estimate of drug-likeness (QED) is 0.536. The van der Waals surface area contributed by atoms with Gasteiger partial charge in [-0.3, -0.25) is 0 Å². The highest BCUT2D eigenvalue weighted by Gasteiger charge is 2.22. The Morgan fingerprint density at radius 3 is 2.42 bits per heavy atom. The van der Waals surface area contributed by atoms with Crippen molar-refractivity contribution in [2.24, 2.45) is 0 Å². The van der Waals surface area contributed by atoms with E-state index in [1.165, 1.54) is 11.1 Å². The molecule has 0 spiro atoms. The minimum Gasteiger partial charge on any atom is -0.420 e. The monoisotopic (exact) mass is 316 g/mol. The number of nitrogens with zero attached hydrogens (tertiary/aromatic N) is 3. The van der Waals surface area contributed by atoms with E-state index >= 15 is 0 Å². The lowest BCUT2D eigenvalue weighted by Gasteiger charge is -2.13. The van der Waals surface area contributed by atoms with Crippen LogP contribution < -0.4 is 9.69 Å². The highest BCUT2D eigenvalue weighted by molar-refractivity contribution is 5.74. The van der Waals surface area contributed by atoms with E-state index in [-0.39, 0.29) is 0 Å². The molecule has 0 saturated carbocycles. The summed E-state index contributed by atoms with van der Waals surface area (Å²) in [6.07, 6.45) is 3.98. The third-order valence-electron chi connectivity index (χ3n) is 3.93. The molecule has 0 amide bonds. The number of fused-ring (bicyclic) bond motifs is 1. The first kappa shape index (κ1) is 14.5. The second kappa shape index (κ2) is 6.16. The number of benzene rings is 2. The van der Waals surface area contributed by atoms with Gasteiger partial charge in [0.05, 0.1) is 0 Å². The number of aryl methyl sites for hydroxylation is 1. The van der Waals surface area contributed by atoms with Gasteiger partial charge in [0.15, 0.2) is 18.0 Å². The van der Waals surface area contributed by atoms with E-state index in [1.807, 2.05) is 64.5 Å². The van der Waals surface area contributed by atoms with Gasteiger partial charge in [0.25, 0.3) is 0 Å². The highest BCUT2D eigenvalue weighted by Crippen LogP contribution is 2.21. The Hall–Kier alpha value is -3.14. The Kier molecular flexibility index (Phi) is 3.71. The van der Waals surface area contributed by atoms with Crippen LogP contribution in [-0.4, -0.2) is 4.98 Å². The molecular weight excluding hydrogens is 298 g/mol. The fraction of sp³-hybridized carbons (Fsp3) is 0.100. The fourth-order valence-corrected chi connectivity index (χ4v) is 2.64. The van der Waals surface area contributed by atoms with Crippen molar-refractivity contribution >= 4 is 17.1 Å². The summed E-state index contributed by atoms with van der Waals surface area (Å²) in [5.74, 6) is 0. The van der Waals surface area contributed by atoms with Crippen molar-refractivity contribution in [2.75, 3.05) is 5.01 Å². The average Bonchev–Trinajstić information content (AvgIpc) is 3.06. The van der Waals surface area contributed by atoms with E-state index in [2.05, 4.69) is 36.2 Å². The Balaban J connectivity index is 1.76. The van der Waals surface area contributed by atoms with Gasteiger partial charge in [0, 0.05) is 12.1 Å². The topological polar surface area (TPSA) is 33.2 Å². The van der Waals surface area contributed by atoms with Crippen LogP contribution in [0.3, 0.4) is 0 Å². The van der Waals surface area contributed by atoms with Crippen LogP contribution in [0.25, 0.3) is 11.1 Å². The minimum atomic E-state index is 0.577. The van der Waals surface area contributed by atoms with E-state index in [9.17, 15) is 0 Å². The van der Waals surface area contributed by atoms with Gasteiger partial charge in [0.1, 0.15) is 12.1 Å². The fourth-order valence-electron chi connectivity index (χ4n) is 2.64. The molecule has 2 aromatic heterocycles. The summed E-state index contributed by atoms with van der Waals surface area (Å²) in [7, 11) is 0. The first-order valence-corrected chi connectivity index (χ1v) is 7.95. The molecule has 0 aliphatic heterocycles. The molecule has 4 aromatic rings. The zero-order valence-corrected chi connectivity index (χ0v) is 13.5. The van der Waals surface area contributed by atoms with Crippen LogP contribution in [-0.2, 0) is 6.54 Å². The maximum absolute atomic E-state index is 5.97. The molecule has 0 aliphatic carbocycles. The van der Waals surface area contributed by atoms with Crippen LogP contribution >= 0.6 is 0 Å². The van der Waals surface area contributed by atoms with Crippen LogP contribution in [0.5, 0.6) is 0 Å². The third-order valence-corrected chi connectivity index (χ3v) is 3.93. The van der Waals surface area contributed by atoms with Crippen molar-refractivity contribution < 1.29 is 9.09 Å². The highest BCUT2D eigenvalue weighted by atomic mass is 16.4. The molecule has 4 heteroatoms. The predicted octanol–water partition coefficient (Wildman–Crippen LogP) is 3.89. The van der Waals surface area contributed by atoms with Gasteiger partial charge in [-0.15, -0.1) is 0 Å². The molecule has 0 N–H and O–H groups in total. The summed E-state index contributed by atoms with van der Waals surface area (Å²) in [6, 6.07) is 22.9. The number of hydrogen-bond acceptors (Lipinski definition) is 3. The zero-order valence-electron chi connectivity index (χ0n) is 13.5. The maximum Gasteiger partial charge on any atom is 0.353 e. The molecule has 0 fully saturated rings. The second-order valence-corrected chi connectivity index (χ2v) is 5.76. The van der Waals surface area contributed by atoms with Gasteiger partial charge in [-0.25, -0.2) is 0 Å². The van der Waals surface area contributed by atoms with Crippen LogP contribution in [0.1, 0.15) is 11.1 Å². The molecule has 118 valence electrons. The molecule has 0 unspecified atom stereocenters. The van der Waals surface area contributed by atoms with E-state index in [0.717, 1.165) is 11.1 Å². The summed E-state index contributed by atoms with van der Waals surface area (Å²) in [5, 5.41) is 2.02. The molecular formula is C20H18N3O+. The van der Waals surface area contributed by atoms with Crippen LogP contribution in [0.4, 0.5) is 6.01 Å². The molecule has 4 rings (SSSR count). The van der Waals surface area contributed by atoms with Crippen molar-refractivity contribution in [2.45, 2.75) is 13.5 Å². The normalized spacial score (nSPS) is 10.9. The van der Waals surface area contributed by atoms with Gasteiger partial charge in [0.2, 0.25) is 0 Å². The summed E-state index contributed by atoms with van der Waals surface area (Å²) >= 11 is 0. The van der Waals surface area contributed by atoms with Crippen molar-refractivity contribution in [1.29, 1.82) is 0 Å². The van der Waals surface area contributed by atoms with Crippen LogP contribution in [0.15, 0.2) is 83.5 Å². The molecule has 2 aromatic carbocycles. The number of oxazole rings is 1. The Labute approximate surface area is 140 Å². The first-order chi connectivity index (χ1) is 11.8. The van der Waals surface area contributed by atoms with Crippen molar-refractivity contribution in [1.82, 2.24) is 4.98 Å². The number of hydrogen-bond donors (Lipinski definition) is 0. The van der Waals surface area contributed by atoms with E-state index in [0.29, 0.717) is 12.6 Å². The lowest BCUT2D eigenvalue weighted by atomic mass is 10.1. The molecule has 24 heavy (non-hydrogen) atoms. The Bertz CT molecular complexity index is 912. The van der Waals surface area contributed by atoms with E-state index < -0.39 is 0 Å². The smallest absolute Gasteiger partial charge is 0.353 e. The molecule has 0 atom stereocenters. The molecule has 0 aliphatic rings. The summed E-state index contributed by atoms with van der Waals surface area (Å²) in [5.41, 5.74) is 4.09. The molecule has 4 nitrogen and oxygen atoms in total. The third kappa shape index (κ3) is 2.86. The number of anilines is 1. The van der Waals surface area contributed by atoms with Gasteiger partial charge < -0.3 is 4.42 Å². The lowest BCUT2D eigenvalue weighted by molar-refractivity contribution is -0.687. The minimum absolute atomic E-state index is 0.577. The van der Waals surface area contributed by atoms with Crippen molar-refractivity contribution in [3.8, 4) is 0 Å². The molecule has 0 bridgehead atoms. The van der Waals surface area contributed by atoms with Gasteiger partial charge in [-0.1, -0.05) is 57.7 Å². The second-order valence-electron chi connectivity index (χ2n) is 5.76. The molecule has 0 saturated heterocycles. The SMILES string of the molecule is Cc1ccc(CN(c2nc3ccccc3o2)[n+]2ccccc2)cc1. The van der Waals surface area contributed by atoms with Crippen molar-refractivity contribution in [3.05, 3.63) is 90.3 Å². The number of aromatic nitrogens is 2. The van der Waals surface area contributed by atoms with Crippen LogP contribution in [0.2, 0.25) is 0 Å². The number of para-hydroxylation sites is 2. The van der Waals surface area contributed by atoms with Gasteiger partial charge in [-0.05, 0) is 24.6 Å².